The van der Waals surface area contributed by atoms with E-state index in [1.807, 2.05) is 60.7 Å². The van der Waals surface area contributed by atoms with Crippen LogP contribution in [-0.2, 0) is 9.54 Å². The van der Waals surface area contributed by atoms with E-state index in [2.05, 4.69) is 5.32 Å². The number of carbonyl (C=O) groups is 2. The normalized spacial score (nSPS) is 13.6. The van der Waals surface area contributed by atoms with E-state index in [1.165, 1.54) is 19.1 Å². The van der Waals surface area contributed by atoms with Crippen molar-refractivity contribution in [3.05, 3.63) is 124 Å². The lowest BCUT2D eigenvalue weighted by atomic mass is 9.82. The van der Waals surface area contributed by atoms with Crippen molar-refractivity contribution in [2.45, 2.75) is 17.7 Å². The van der Waals surface area contributed by atoms with E-state index in [-0.39, 0.29) is 11.5 Å². The van der Waals surface area contributed by atoms with Crippen LogP contribution in [0.4, 0.5) is 5.69 Å². The first-order valence-electron chi connectivity index (χ1n) is 10.6. The van der Waals surface area contributed by atoms with Crippen molar-refractivity contribution in [3.63, 3.8) is 0 Å². The van der Waals surface area contributed by atoms with Gasteiger partial charge in [0.25, 0.3) is 11.6 Å². The number of ketones is 1. The van der Waals surface area contributed by atoms with Crippen molar-refractivity contribution in [2.24, 2.45) is 0 Å². The number of thiol groups is 1. The first-order valence-corrected chi connectivity index (χ1v) is 11.1. The van der Waals surface area contributed by atoms with E-state index < -0.39 is 21.6 Å². The summed E-state index contributed by atoms with van der Waals surface area (Å²) >= 11 is 4.97. The zero-order valence-electron chi connectivity index (χ0n) is 18.3. The van der Waals surface area contributed by atoms with Gasteiger partial charge in [-0.15, -0.1) is 0 Å². The second-order valence-corrected chi connectivity index (χ2v) is 8.69. The standard InChI is InChI=1S/C27H22N2O4S/c1-18(30)25(28-26(31)24-13-7-9-19-8-5-6-12-23(19)24)27(34,20-10-3-2-4-11-20)21-14-16-22(17-15-21)29(32)33/h2-17,25,34H,1H3,(H,28,31). The Kier molecular flexibility index (Phi) is 6.47. The number of nitro benzene ring substituents is 1. The van der Waals surface area contributed by atoms with Crippen LogP contribution >= 0.6 is 12.6 Å². The molecule has 2 unspecified atom stereocenters. The number of non-ortho nitro benzene ring substituents is 1. The van der Waals surface area contributed by atoms with Gasteiger partial charge in [0.05, 0.1) is 9.67 Å². The van der Waals surface area contributed by atoms with Crippen LogP contribution in [0.5, 0.6) is 0 Å². The van der Waals surface area contributed by atoms with Gasteiger partial charge in [-0.2, -0.15) is 12.6 Å². The number of rotatable bonds is 7. The SMILES string of the molecule is CC(=O)C(NC(=O)c1cccc2ccccc12)C(S)(c1ccccc1)c1ccc([N+](=O)[O-])cc1. The molecule has 0 spiro atoms. The number of carbonyl (C=O) groups excluding carboxylic acids is 2. The second kappa shape index (κ2) is 9.49. The molecule has 1 amide bonds. The fraction of sp³-hybridized carbons (Fsp3) is 0.111. The van der Waals surface area contributed by atoms with Gasteiger partial charge in [-0.25, -0.2) is 0 Å². The third-order valence-electron chi connectivity index (χ3n) is 5.87. The van der Waals surface area contributed by atoms with Gasteiger partial charge in [-0.3, -0.25) is 19.7 Å². The Morgan fingerprint density at radius 3 is 2.09 bits per heavy atom. The van der Waals surface area contributed by atoms with E-state index in [1.54, 1.807) is 24.3 Å². The maximum absolute atomic E-state index is 13.4. The molecule has 0 aromatic heterocycles. The van der Waals surface area contributed by atoms with Crippen molar-refractivity contribution in [1.82, 2.24) is 5.32 Å². The van der Waals surface area contributed by atoms with Gasteiger partial charge in [-0.05, 0) is 34.9 Å². The molecule has 0 aliphatic rings. The van der Waals surface area contributed by atoms with Crippen LogP contribution in [0.25, 0.3) is 10.8 Å². The van der Waals surface area contributed by atoms with Crippen LogP contribution in [0.15, 0.2) is 97.1 Å². The summed E-state index contributed by atoms with van der Waals surface area (Å²) in [7, 11) is 0. The molecule has 0 radical (unpaired) electrons. The summed E-state index contributed by atoms with van der Waals surface area (Å²) in [5.41, 5.74) is 1.58. The molecule has 0 saturated carbocycles. The zero-order valence-corrected chi connectivity index (χ0v) is 19.2. The second-order valence-electron chi connectivity index (χ2n) is 7.98. The molecule has 0 aliphatic carbocycles. The number of amides is 1. The number of fused-ring (bicyclic) bond motifs is 1. The molecule has 170 valence electrons. The van der Waals surface area contributed by atoms with E-state index in [0.29, 0.717) is 16.7 Å². The van der Waals surface area contributed by atoms with Crippen molar-refractivity contribution < 1.29 is 14.5 Å². The van der Waals surface area contributed by atoms with E-state index in [0.717, 1.165) is 10.8 Å². The summed E-state index contributed by atoms with van der Waals surface area (Å²) in [5.74, 6) is -0.709. The van der Waals surface area contributed by atoms with Crippen LogP contribution < -0.4 is 5.32 Å². The molecule has 2 atom stereocenters. The fourth-order valence-corrected chi connectivity index (χ4v) is 4.71. The zero-order chi connectivity index (χ0) is 24.3. The highest BCUT2D eigenvalue weighted by Gasteiger charge is 2.43. The molecule has 0 aliphatic heterocycles. The lowest BCUT2D eigenvalue weighted by molar-refractivity contribution is -0.384. The molecule has 4 aromatic carbocycles. The maximum atomic E-state index is 13.4. The summed E-state index contributed by atoms with van der Waals surface area (Å²) in [4.78, 5) is 37.1. The summed E-state index contributed by atoms with van der Waals surface area (Å²) in [6, 6.07) is 26.9. The number of nitrogens with zero attached hydrogens (tertiary/aromatic N) is 1. The summed E-state index contributed by atoms with van der Waals surface area (Å²) < 4.78 is -1.28. The van der Waals surface area contributed by atoms with Gasteiger partial charge < -0.3 is 5.32 Å². The lowest BCUT2D eigenvalue weighted by Crippen LogP contribution is -2.52. The molecule has 1 N–H and O–H groups in total. The minimum Gasteiger partial charge on any atom is -0.340 e. The Balaban J connectivity index is 1.81. The first kappa shape index (κ1) is 23.2. The third kappa shape index (κ3) is 4.30. The number of nitrogens with one attached hydrogen (secondary N) is 1. The number of nitro groups is 1. The van der Waals surface area contributed by atoms with Gasteiger partial charge in [-0.1, -0.05) is 78.9 Å². The molecule has 34 heavy (non-hydrogen) atoms. The predicted molar refractivity (Wildman–Crippen MR) is 135 cm³/mol. The smallest absolute Gasteiger partial charge is 0.269 e. The topological polar surface area (TPSA) is 89.3 Å². The largest absolute Gasteiger partial charge is 0.340 e. The average molecular weight is 471 g/mol. The monoisotopic (exact) mass is 470 g/mol. The van der Waals surface area contributed by atoms with Crippen molar-refractivity contribution in [3.8, 4) is 0 Å². The van der Waals surface area contributed by atoms with Crippen molar-refractivity contribution in [2.75, 3.05) is 0 Å². The predicted octanol–water partition coefficient (Wildman–Crippen LogP) is 5.31. The van der Waals surface area contributed by atoms with Crippen LogP contribution in [0, 0.1) is 10.1 Å². The summed E-state index contributed by atoms with van der Waals surface area (Å²) in [6.45, 7) is 1.40. The Labute approximate surface area is 202 Å². The average Bonchev–Trinajstić information content (AvgIpc) is 2.86. The number of Topliss-reactive ketones (excluding diaryl/α,β-unsaturated/α-hetero) is 1. The molecule has 0 heterocycles. The van der Waals surface area contributed by atoms with Crippen LogP contribution in [0.3, 0.4) is 0 Å². The molecule has 7 heteroatoms. The lowest BCUT2D eigenvalue weighted by Gasteiger charge is -2.37. The van der Waals surface area contributed by atoms with Gasteiger partial charge in [0, 0.05) is 17.7 Å². The molecular formula is C27H22N2O4S. The van der Waals surface area contributed by atoms with Crippen molar-refractivity contribution >= 4 is 40.8 Å². The van der Waals surface area contributed by atoms with Gasteiger partial charge in [0.1, 0.15) is 6.04 Å². The molecule has 0 saturated heterocycles. The Morgan fingerprint density at radius 1 is 0.853 bits per heavy atom. The molecule has 6 nitrogen and oxygen atoms in total. The summed E-state index contributed by atoms with van der Waals surface area (Å²) in [6.07, 6.45) is 0. The number of hydrogen-bond donors (Lipinski definition) is 2. The van der Waals surface area contributed by atoms with Gasteiger partial charge in [0.15, 0.2) is 5.78 Å². The summed E-state index contributed by atoms with van der Waals surface area (Å²) in [5, 5.41) is 15.7. The first-order chi connectivity index (χ1) is 16.3. The highest BCUT2D eigenvalue weighted by Crippen LogP contribution is 2.40. The van der Waals surface area contributed by atoms with Gasteiger partial charge >= 0.3 is 0 Å². The van der Waals surface area contributed by atoms with Crippen LogP contribution in [-0.4, -0.2) is 22.7 Å². The highest BCUT2D eigenvalue weighted by atomic mass is 32.1. The van der Waals surface area contributed by atoms with Gasteiger partial charge in [0.2, 0.25) is 0 Å². The quantitative estimate of drug-likeness (QED) is 0.218. The molecular weight excluding hydrogens is 448 g/mol. The minimum absolute atomic E-state index is 0.0772. The molecule has 0 fully saturated rings. The Morgan fingerprint density at radius 2 is 1.44 bits per heavy atom. The van der Waals surface area contributed by atoms with Crippen LogP contribution in [0.2, 0.25) is 0 Å². The number of hydrogen-bond acceptors (Lipinski definition) is 5. The number of benzene rings is 4. The highest BCUT2D eigenvalue weighted by molar-refractivity contribution is 7.81. The molecule has 0 bridgehead atoms. The Bertz CT molecular complexity index is 1370. The minimum atomic E-state index is -1.28. The third-order valence-corrected chi connectivity index (χ3v) is 6.64. The van der Waals surface area contributed by atoms with E-state index in [9.17, 15) is 19.7 Å². The van der Waals surface area contributed by atoms with E-state index in [4.69, 9.17) is 12.6 Å². The van der Waals surface area contributed by atoms with E-state index >= 15 is 0 Å². The van der Waals surface area contributed by atoms with Crippen LogP contribution in [0.1, 0.15) is 28.4 Å². The Hall–Kier alpha value is -3.97. The maximum Gasteiger partial charge on any atom is 0.269 e. The molecule has 4 aromatic rings. The fourth-order valence-electron chi connectivity index (χ4n) is 4.16. The van der Waals surface area contributed by atoms with Crippen molar-refractivity contribution in [1.29, 1.82) is 0 Å². The molecule has 4 rings (SSSR count).